The summed E-state index contributed by atoms with van der Waals surface area (Å²) in [7, 11) is 0. The molecule has 6 saturated heterocycles. The SMILES string of the molecule is O=[C]1CN2C[C](=O)[Gd]13[C](=O)CN(C[C]3=O)CC(O)C2.[NaH]. The fourth-order valence-electron chi connectivity index (χ4n) is 2.70. The molecule has 0 aromatic heterocycles. The standard InChI is InChI=1S/C11H14N2O5.Gd.Na.H/c14-5-1-12(2-6-15)9-11(18)10-13(3-7-16)4-8-17;;;/h11,18H,1-4,9-10H2;;;. The van der Waals surface area contributed by atoms with Crippen LogP contribution in [0.25, 0.3) is 0 Å². The molecule has 0 unspecified atom stereocenters. The molecule has 0 aromatic carbocycles. The molecule has 6 aliphatic rings. The van der Waals surface area contributed by atoms with Crippen LogP contribution >= 0.6 is 0 Å². The number of aliphatic hydroxyl groups is 1. The van der Waals surface area contributed by atoms with Gasteiger partial charge in [0.1, 0.15) is 0 Å². The Hall–Kier alpha value is 0.885. The number of carbonyl (C=O) groups excluding carboxylic acids is 4. The Balaban J connectivity index is 0.00000147. The molecule has 3 bridgehead atoms. The van der Waals surface area contributed by atoms with Crippen LogP contribution in [-0.2, 0) is 19.2 Å². The average Bonchev–Trinajstić information content (AvgIpc) is 2.25. The number of hydrogen-bond acceptors (Lipinski definition) is 7. The molecular formula is C11H15GdN2NaO5. The van der Waals surface area contributed by atoms with E-state index in [0.717, 1.165) is 0 Å². The van der Waals surface area contributed by atoms with Gasteiger partial charge >= 0.3 is 147 Å². The van der Waals surface area contributed by atoms with Crippen molar-refractivity contribution in [1.29, 1.82) is 0 Å². The predicted molar refractivity (Wildman–Crippen MR) is 66.1 cm³/mol. The van der Waals surface area contributed by atoms with Gasteiger partial charge in [0.25, 0.3) is 0 Å². The van der Waals surface area contributed by atoms with Crippen molar-refractivity contribution in [2.45, 2.75) is 6.10 Å². The quantitative estimate of drug-likeness (QED) is 0.397. The first kappa shape index (κ1) is 17.2. The van der Waals surface area contributed by atoms with E-state index in [2.05, 4.69) is 0 Å². The van der Waals surface area contributed by atoms with Crippen molar-refractivity contribution >= 4 is 35.8 Å². The summed E-state index contributed by atoms with van der Waals surface area (Å²) in [6.45, 7) is 0.311. The molecule has 0 radical (unpaired) electrons. The third-order valence-electron chi connectivity index (χ3n) is 3.50. The number of carbonyl (C=O) groups is 4. The zero-order valence-electron chi connectivity index (χ0n) is 10.1. The van der Waals surface area contributed by atoms with Gasteiger partial charge in [0.05, 0.1) is 0 Å². The molecule has 9 heteroatoms. The molecule has 6 aliphatic heterocycles. The molecule has 0 atom stereocenters. The van der Waals surface area contributed by atoms with Gasteiger partial charge in [-0.3, -0.25) is 0 Å². The van der Waals surface area contributed by atoms with Crippen molar-refractivity contribution in [3.63, 3.8) is 0 Å². The zero-order chi connectivity index (χ0) is 13.8. The van der Waals surface area contributed by atoms with E-state index in [1.54, 1.807) is 9.80 Å². The monoisotopic (exact) mass is 436 g/mol. The molecule has 6 rings (SSSR count). The van der Waals surface area contributed by atoms with Gasteiger partial charge in [-0.15, -0.1) is 0 Å². The minimum atomic E-state index is -4.49. The van der Waals surface area contributed by atoms with E-state index in [4.69, 9.17) is 0 Å². The van der Waals surface area contributed by atoms with Gasteiger partial charge < -0.3 is 0 Å². The van der Waals surface area contributed by atoms with Crippen LogP contribution < -0.4 is 0 Å². The van der Waals surface area contributed by atoms with Crippen molar-refractivity contribution in [3.05, 3.63) is 0 Å². The Labute approximate surface area is 145 Å². The van der Waals surface area contributed by atoms with Crippen LogP contribution in [0.4, 0.5) is 0 Å². The van der Waals surface area contributed by atoms with Crippen molar-refractivity contribution in [2.24, 2.45) is 0 Å². The second kappa shape index (κ2) is 6.18. The van der Waals surface area contributed by atoms with E-state index in [1.807, 2.05) is 0 Å². The molecule has 0 amide bonds. The Morgan fingerprint density at radius 3 is 1.40 bits per heavy atom. The van der Waals surface area contributed by atoms with Crippen LogP contribution in [0.2, 0.25) is 0 Å². The molecule has 0 aliphatic carbocycles. The van der Waals surface area contributed by atoms with E-state index in [9.17, 15) is 24.3 Å². The van der Waals surface area contributed by atoms with Crippen molar-refractivity contribution in [2.75, 3.05) is 39.3 Å². The molecular weight excluding hydrogens is 420 g/mol. The van der Waals surface area contributed by atoms with Crippen LogP contribution in [0, 0.1) is 31.8 Å². The van der Waals surface area contributed by atoms with Gasteiger partial charge in [-0.05, 0) is 0 Å². The Morgan fingerprint density at radius 1 is 0.800 bits per heavy atom. The van der Waals surface area contributed by atoms with Crippen molar-refractivity contribution in [1.82, 2.24) is 9.80 Å². The molecule has 6 fully saturated rings. The summed E-state index contributed by atoms with van der Waals surface area (Å²) >= 11 is -4.49. The van der Waals surface area contributed by atoms with E-state index in [1.165, 1.54) is 0 Å². The van der Waals surface area contributed by atoms with E-state index in [0.29, 0.717) is 0 Å². The zero-order valence-corrected chi connectivity index (χ0v) is 12.4. The second-order valence-electron chi connectivity index (χ2n) is 4.89. The van der Waals surface area contributed by atoms with Gasteiger partial charge in [-0.2, -0.15) is 0 Å². The molecule has 6 heterocycles. The molecule has 1 spiro atoms. The fraction of sp³-hybridized carbons (Fsp3) is 0.636. The normalized spacial score (nSPS) is 44.0. The minimum absolute atomic E-state index is 0. The van der Waals surface area contributed by atoms with Gasteiger partial charge in [0.15, 0.2) is 0 Å². The van der Waals surface area contributed by atoms with Crippen molar-refractivity contribution in [3.8, 4) is 0 Å². The first-order chi connectivity index (χ1) is 8.94. The maximum atomic E-state index is 12.3. The summed E-state index contributed by atoms with van der Waals surface area (Å²) in [6, 6.07) is 0. The summed E-state index contributed by atoms with van der Waals surface area (Å²) < 4.78 is -1.75. The Kier molecular flexibility index (Phi) is 5.32. The molecule has 0 saturated carbocycles. The van der Waals surface area contributed by atoms with Crippen LogP contribution in [0.5, 0.6) is 0 Å². The molecule has 108 valence electrons. The molecule has 7 nitrogen and oxygen atoms in total. The second-order valence-corrected chi connectivity index (χ2v) is 13.4. The van der Waals surface area contributed by atoms with E-state index < -0.39 is 44.2 Å². The van der Waals surface area contributed by atoms with Crippen LogP contribution in [0.1, 0.15) is 0 Å². The summed E-state index contributed by atoms with van der Waals surface area (Å²) in [6.07, 6.45) is -0.766. The van der Waals surface area contributed by atoms with Gasteiger partial charge in [-0.1, -0.05) is 0 Å². The van der Waals surface area contributed by atoms with E-state index >= 15 is 0 Å². The number of hydrogen-bond donors (Lipinski definition) is 1. The number of nitrogens with zero attached hydrogens (tertiary/aromatic N) is 2. The van der Waals surface area contributed by atoms with Crippen LogP contribution in [-0.4, -0.2) is 96.1 Å². The molecule has 20 heavy (non-hydrogen) atoms. The van der Waals surface area contributed by atoms with Crippen molar-refractivity contribution < 1.29 is 56.1 Å². The number of aliphatic hydroxyl groups excluding tert-OH is 1. The topological polar surface area (TPSA) is 95.0 Å². The summed E-state index contributed by atoms with van der Waals surface area (Å²) in [5.74, 6) is 0. The van der Waals surface area contributed by atoms with Gasteiger partial charge in [-0.25, -0.2) is 0 Å². The first-order valence-electron chi connectivity index (χ1n) is 5.91. The third kappa shape index (κ3) is 2.53. The molecule has 0 aromatic rings. The number of rotatable bonds is 0. The Morgan fingerprint density at radius 2 is 1.10 bits per heavy atom. The third-order valence-corrected chi connectivity index (χ3v) is 12.5. The summed E-state index contributed by atoms with van der Waals surface area (Å²) in [4.78, 5) is 52.3. The van der Waals surface area contributed by atoms with E-state index in [-0.39, 0.29) is 68.8 Å². The first-order valence-corrected chi connectivity index (χ1v) is 10.4. The van der Waals surface area contributed by atoms with Gasteiger partial charge in [0, 0.05) is 0 Å². The van der Waals surface area contributed by atoms with Gasteiger partial charge in [0.2, 0.25) is 0 Å². The van der Waals surface area contributed by atoms with Crippen LogP contribution in [0.15, 0.2) is 0 Å². The Bertz CT molecular complexity index is 428. The summed E-state index contributed by atoms with van der Waals surface area (Å²) in [5.41, 5.74) is 0. The molecule has 1 N–H and O–H groups in total. The van der Waals surface area contributed by atoms with Crippen LogP contribution in [0.3, 0.4) is 0 Å². The maximum absolute atomic E-state index is 12.3. The summed E-state index contributed by atoms with van der Waals surface area (Å²) in [5, 5.41) is 9.90. The average molecular weight is 435 g/mol. The fourth-order valence-corrected chi connectivity index (χ4v) is 11.1. The predicted octanol–water partition coefficient (Wildman–Crippen LogP) is -3.39.